The van der Waals surface area contributed by atoms with E-state index in [1.807, 2.05) is 24.3 Å². The van der Waals surface area contributed by atoms with Gasteiger partial charge in [-0.15, -0.1) is 0 Å². The molecule has 8 heteroatoms. The molecule has 0 radical (unpaired) electrons. The molecule has 0 bridgehead atoms. The number of carbonyl (C=O) groups is 1. The summed E-state index contributed by atoms with van der Waals surface area (Å²) in [5.41, 5.74) is 0.767. The third kappa shape index (κ3) is 5.02. The van der Waals surface area contributed by atoms with Crippen LogP contribution in [0.4, 0.5) is 10.5 Å². The summed E-state index contributed by atoms with van der Waals surface area (Å²) in [6.07, 6.45) is 2.52. The number of urea groups is 1. The van der Waals surface area contributed by atoms with Crippen LogP contribution in [0.2, 0.25) is 0 Å². The lowest BCUT2D eigenvalue weighted by Crippen LogP contribution is -2.45. The molecule has 2 aromatic rings. The standard InChI is InChI=1S/C17H21BrN4O3/c1-12-19-16(21-25-12)8-10-24-13-5-4-9-22(11-13)17(23)20-15-7-3-2-6-14(15)18/h2-3,6-7,13H,4-5,8-11H2,1H3,(H,20,23). The van der Waals surface area contributed by atoms with Gasteiger partial charge in [0.25, 0.3) is 0 Å². The molecule has 0 spiro atoms. The zero-order valence-corrected chi connectivity index (χ0v) is 15.7. The van der Waals surface area contributed by atoms with Crippen LogP contribution in [0.3, 0.4) is 0 Å². The number of nitrogens with zero attached hydrogens (tertiary/aromatic N) is 3. The van der Waals surface area contributed by atoms with E-state index in [1.54, 1.807) is 11.8 Å². The number of aromatic nitrogens is 2. The van der Waals surface area contributed by atoms with Crippen molar-refractivity contribution in [2.24, 2.45) is 0 Å². The van der Waals surface area contributed by atoms with E-state index >= 15 is 0 Å². The molecular formula is C17H21BrN4O3. The van der Waals surface area contributed by atoms with Gasteiger partial charge in [-0.1, -0.05) is 17.3 Å². The van der Waals surface area contributed by atoms with Crippen LogP contribution in [0.1, 0.15) is 24.6 Å². The molecule has 2 heterocycles. The second-order valence-electron chi connectivity index (χ2n) is 5.97. The normalized spacial score (nSPS) is 17.5. The van der Waals surface area contributed by atoms with Gasteiger partial charge in [0.15, 0.2) is 5.82 Å². The number of para-hydroxylation sites is 1. The van der Waals surface area contributed by atoms with Crippen LogP contribution >= 0.6 is 15.9 Å². The van der Waals surface area contributed by atoms with E-state index in [-0.39, 0.29) is 12.1 Å². The second kappa shape index (κ2) is 8.44. The van der Waals surface area contributed by atoms with E-state index in [0.29, 0.717) is 31.3 Å². The second-order valence-corrected chi connectivity index (χ2v) is 6.83. The Kier molecular flexibility index (Phi) is 6.04. The van der Waals surface area contributed by atoms with Gasteiger partial charge in [0.05, 0.1) is 18.4 Å². The number of anilines is 1. The van der Waals surface area contributed by atoms with Gasteiger partial charge in [-0.05, 0) is 40.9 Å². The van der Waals surface area contributed by atoms with Gasteiger partial charge in [-0.3, -0.25) is 0 Å². The summed E-state index contributed by atoms with van der Waals surface area (Å²) in [5.74, 6) is 1.21. The zero-order valence-electron chi connectivity index (χ0n) is 14.1. The number of hydrogen-bond donors (Lipinski definition) is 1. The fraction of sp³-hybridized carbons (Fsp3) is 0.471. The van der Waals surface area contributed by atoms with E-state index in [1.165, 1.54) is 0 Å². The summed E-state index contributed by atoms with van der Waals surface area (Å²) in [5, 5.41) is 6.79. The lowest BCUT2D eigenvalue weighted by Gasteiger charge is -2.32. The highest BCUT2D eigenvalue weighted by atomic mass is 79.9. The molecule has 2 amide bonds. The molecule has 3 rings (SSSR count). The van der Waals surface area contributed by atoms with Gasteiger partial charge in [0, 0.05) is 30.9 Å². The van der Waals surface area contributed by atoms with Gasteiger partial charge < -0.3 is 19.5 Å². The lowest BCUT2D eigenvalue weighted by molar-refractivity contribution is 0.0120. The molecule has 1 aliphatic heterocycles. The number of carbonyl (C=O) groups excluding carboxylic acids is 1. The van der Waals surface area contributed by atoms with Crippen LogP contribution in [-0.2, 0) is 11.2 Å². The minimum absolute atomic E-state index is 0.0340. The molecule has 1 saturated heterocycles. The first-order chi connectivity index (χ1) is 12.1. The summed E-state index contributed by atoms with van der Waals surface area (Å²) in [6, 6.07) is 7.47. The molecule has 0 aliphatic carbocycles. The van der Waals surface area contributed by atoms with Crippen molar-refractivity contribution in [1.82, 2.24) is 15.0 Å². The number of amides is 2. The Morgan fingerprint density at radius 3 is 3.08 bits per heavy atom. The molecule has 1 unspecified atom stereocenters. The average molecular weight is 409 g/mol. The van der Waals surface area contributed by atoms with E-state index < -0.39 is 0 Å². The first-order valence-electron chi connectivity index (χ1n) is 8.33. The van der Waals surface area contributed by atoms with E-state index in [2.05, 4.69) is 31.4 Å². The maximum absolute atomic E-state index is 12.5. The molecular weight excluding hydrogens is 388 g/mol. The van der Waals surface area contributed by atoms with Crippen LogP contribution in [0.5, 0.6) is 0 Å². The Labute approximate surface area is 154 Å². The number of aryl methyl sites for hydroxylation is 1. The number of benzene rings is 1. The molecule has 25 heavy (non-hydrogen) atoms. The van der Waals surface area contributed by atoms with Crippen molar-refractivity contribution in [3.8, 4) is 0 Å². The molecule has 1 fully saturated rings. The Morgan fingerprint density at radius 2 is 2.32 bits per heavy atom. The molecule has 1 aromatic carbocycles. The third-order valence-corrected chi connectivity index (χ3v) is 4.72. The SMILES string of the molecule is Cc1nc(CCOC2CCCN(C(=O)Nc3ccccc3Br)C2)no1. The number of rotatable bonds is 5. The number of nitrogens with one attached hydrogen (secondary N) is 1. The number of hydrogen-bond acceptors (Lipinski definition) is 5. The average Bonchev–Trinajstić information content (AvgIpc) is 3.02. The van der Waals surface area contributed by atoms with Crippen LogP contribution in [0, 0.1) is 6.92 Å². The molecule has 1 N–H and O–H groups in total. The van der Waals surface area contributed by atoms with Gasteiger partial charge in [-0.2, -0.15) is 4.98 Å². The van der Waals surface area contributed by atoms with Crippen LogP contribution in [0.25, 0.3) is 0 Å². The Bertz CT molecular complexity index is 721. The first-order valence-corrected chi connectivity index (χ1v) is 9.12. The summed E-state index contributed by atoms with van der Waals surface area (Å²) in [6.45, 7) is 3.60. The molecule has 134 valence electrons. The predicted octanol–water partition coefficient (Wildman–Crippen LogP) is 3.40. The molecule has 7 nitrogen and oxygen atoms in total. The number of likely N-dealkylation sites (tertiary alicyclic amines) is 1. The first kappa shape index (κ1) is 17.9. The lowest BCUT2D eigenvalue weighted by atomic mass is 10.1. The molecule has 1 atom stereocenters. The summed E-state index contributed by atoms with van der Waals surface area (Å²) in [7, 11) is 0. The highest BCUT2D eigenvalue weighted by Gasteiger charge is 2.24. The van der Waals surface area contributed by atoms with Crippen molar-refractivity contribution in [1.29, 1.82) is 0 Å². The number of ether oxygens (including phenoxy) is 1. The van der Waals surface area contributed by atoms with Crippen molar-refractivity contribution < 1.29 is 14.1 Å². The number of piperidine rings is 1. The van der Waals surface area contributed by atoms with E-state index in [4.69, 9.17) is 9.26 Å². The highest BCUT2D eigenvalue weighted by Crippen LogP contribution is 2.22. The molecule has 1 aliphatic rings. The summed E-state index contributed by atoms with van der Waals surface area (Å²) >= 11 is 3.44. The van der Waals surface area contributed by atoms with Gasteiger partial charge in [0.2, 0.25) is 5.89 Å². The number of halogens is 1. The monoisotopic (exact) mass is 408 g/mol. The van der Waals surface area contributed by atoms with Crippen molar-refractivity contribution >= 4 is 27.6 Å². The fourth-order valence-electron chi connectivity index (χ4n) is 2.78. The van der Waals surface area contributed by atoms with Crippen LogP contribution < -0.4 is 5.32 Å². The van der Waals surface area contributed by atoms with Crippen molar-refractivity contribution in [3.63, 3.8) is 0 Å². The smallest absolute Gasteiger partial charge is 0.321 e. The Morgan fingerprint density at radius 1 is 1.48 bits per heavy atom. The van der Waals surface area contributed by atoms with Crippen LogP contribution in [0.15, 0.2) is 33.3 Å². The quantitative estimate of drug-likeness (QED) is 0.819. The largest absolute Gasteiger partial charge is 0.376 e. The molecule has 0 saturated carbocycles. The maximum atomic E-state index is 12.5. The van der Waals surface area contributed by atoms with Gasteiger partial charge >= 0.3 is 6.03 Å². The third-order valence-electron chi connectivity index (χ3n) is 4.03. The predicted molar refractivity (Wildman–Crippen MR) is 96.4 cm³/mol. The van der Waals surface area contributed by atoms with Crippen molar-refractivity contribution in [2.45, 2.75) is 32.3 Å². The Balaban J connectivity index is 1.47. The minimum Gasteiger partial charge on any atom is -0.376 e. The van der Waals surface area contributed by atoms with E-state index in [0.717, 1.165) is 29.5 Å². The maximum Gasteiger partial charge on any atom is 0.321 e. The Hall–Kier alpha value is -1.93. The van der Waals surface area contributed by atoms with Gasteiger partial charge in [0.1, 0.15) is 0 Å². The molecule has 1 aromatic heterocycles. The van der Waals surface area contributed by atoms with Crippen molar-refractivity contribution in [3.05, 3.63) is 40.5 Å². The topological polar surface area (TPSA) is 80.5 Å². The summed E-state index contributed by atoms with van der Waals surface area (Å²) < 4.78 is 11.7. The summed E-state index contributed by atoms with van der Waals surface area (Å²) in [4.78, 5) is 18.4. The fourth-order valence-corrected chi connectivity index (χ4v) is 3.16. The van der Waals surface area contributed by atoms with Crippen molar-refractivity contribution in [2.75, 3.05) is 25.0 Å². The van der Waals surface area contributed by atoms with Crippen LogP contribution in [-0.4, -0.2) is 46.9 Å². The minimum atomic E-state index is -0.103. The van der Waals surface area contributed by atoms with Gasteiger partial charge in [-0.25, -0.2) is 4.79 Å². The zero-order chi connectivity index (χ0) is 17.6. The highest BCUT2D eigenvalue weighted by molar-refractivity contribution is 9.10. The van der Waals surface area contributed by atoms with E-state index in [9.17, 15) is 4.79 Å².